The van der Waals surface area contributed by atoms with Crippen LogP contribution in [0.2, 0.25) is 0 Å². The van der Waals surface area contributed by atoms with E-state index in [2.05, 4.69) is 0 Å². The molecule has 1 fully saturated rings. The van der Waals surface area contributed by atoms with E-state index < -0.39 is 6.10 Å². The first-order chi connectivity index (χ1) is 7.18. The van der Waals surface area contributed by atoms with Gasteiger partial charge in [0, 0.05) is 6.61 Å². The number of aliphatic hydroxyl groups is 1. The second-order valence-electron chi connectivity index (χ2n) is 4.00. The molecule has 1 aromatic rings. The number of benzene rings is 1. The van der Waals surface area contributed by atoms with Crippen LogP contribution in [0.25, 0.3) is 0 Å². The van der Waals surface area contributed by atoms with Gasteiger partial charge in [0.2, 0.25) is 0 Å². The summed E-state index contributed by atoms with van der Waals surface area (Å²) in [6.07, 6.45) is 1.10. The van der Waals surface area contributed by atoms with Crippen molar-refractivity contribution in [3.63, 3.8) is 0 Å². The molecule has 1 saturated heterocycles. The Hall–Kier alpha value is -0.930. The fourth-order valence-corrected chi connectivity index (χ4v) is 2.02. The summed E-state index contributed by atoms with van der Waals surface area (Å²) in [5.41, 5.74) is 1.54. The van der Waals surface area contributed by atoms with Crippen LogP contribution < -0.4 is 0 Å². The smallest absolute Gasteiger partial charge is 0.123 e. The Labute approximate surface area is 88.7 Å². The molecule has 2 nitrogen and oxygen atoms in total. The Balaban J connectivity index is 2.20. The van der Waals surface area contributed by atoms with Crippen LogP contribution in [-0.4, -0.2) is 17.8 Å². The maximum atomic E-state index is 12.9. The fourth-order valence-electron chi connectivity index (χ4n) is 2.02. The fraction of sp³-hybridized carbons (Fsp3) is 0.500. The third-order valence-corrected chi connectivity index (χ3v) is 2.87. The van der Waals surface area contributed by atoms with Gasteiger partial charge in [-0.2, -0.15) is 0 Å². The first-order valence-corrected chi connectivity index (χ1v) is 5.24. The average molecular weight is 210 g/mol. The van der Waals surface area contributed by atoms with Crippen LogP contribution in [0.15, 0.2) is 18.2 Å². The summed E-state index contributed by atoms with van der Waals surface area (Å²) >= 11 is 0. The number of aliphatic hydroxyl groups excluding tert-OH is 1. The Morgan fingerprint density at radius 3 is 2.93 bits per heavy atom. The molecule has 2 atom stereocenters. The molecule has 82 valence electrons. The van der Waals surface area contributed by atoms with Gasteiger partial charge < -0.3 is 9.84 Å². The summed E-state index contributed by atoms with van der Waals surface area (Å²) in [7, 11) is 0. The highest BCUT2D eigenvalue weighted by Crippen LogP contribution is 2.28. The zero-order valence-corrected chi connectivity index (χ0v) is 8.74. The second-order valence-corrected chi connectivity index (χ2v) is 4.00. The summed E-state index contributed by atoms with van der Waals surface area (Å²) < 4.78 is 18.3. The predicted octanol–water partition coefficient (Wildman–Crippen LogP) is 2.35. The van der Waals surface area contributed by atoms with Crippen LogP contribution >= 0.6 is 0 Å². The number of rotatable bonds is 2. The molecule has 0 saturated carbocycles. The van der Waals surface area contributed by atoms with E-state index in [0.717, 1.165) is 24.0 Å². The maximum Gasteiger partial charge on any atom is 0.123 e. The molecule has 1 aliphatic heterocycles. The molecule has 0 aliphatic carbocycles. The number of hydrogen-bond donors (Lipinski definition) is 1. The third-order valence-electron chi connectivity index (χ3n) is 2.87. The van der Waals surface area contributed by atoms with Crippen molar-refractivity contribution in [1.29, 1.82) is 0 Å². The predicted molar refractivity (Wildman–Crippen MR) is 55.1 cm³/mol. The van der Waals surface area contributed by atoms with Crippen LogP contribution in [0.5, 0.6) is 0 Å². The van der Waals surface area contributed by atoms with Crippen molar-refractivity contribution in [1.82, 2.24) is 0 Å². The number of ether oxygens (including phenoxy) is 1. The molecular formula is C12H15FO2. The molecule has 1 aromatic carbocycles. The summed E-state index contributed by atoms with van der Waals surface area (Å²) in [4.78, 5) is 0. The molecule has 0 bridgehead atoms. The van der Waals surface area contributed by atoms with Crippen molar-refractivity contribution < 1.29 is 14.2 Å². The standard InChI is InChI=1S/C12H15FO2/c1-8-7-9(13)4-5-10(8)12(14)11-3-2-6-15-11/h4-5,7,11-12,14H,2-3,6H2,1H3. The van der Waals surface area contributed by atoms with Crippen LogP contribution in [0.4, 0.5) is 4.39 Å². The molecular weight excluding hydrogens is 195 g/mol. The zero-order valence-electron chi connectivity index (χ0n) is 8.74. The van der Waals surface area contributed by atoms with Gasteiger partial charge >= 0.3 is 0 Å². The summed E-state index contributed by atoms with van der Waals surface area (Å²) in [5.74, 6) is -0.268. The van der Waals surface area contributed by atoms with E-state index in [0.29, 0.717) is 6.61 Å². The zero-order chi connectivity index (χ0) is 10.8. The monoisotopic (exact) mass is 210 g/mol. The lowest BCUT2D eigenvalue weighted by Crippen LogP contribution is -2.18. The second kappa shape index (κ2) is 4.29. The highest BCUT2D eigenvalue weighted by molar-refractivity contribution is 5.29. The summed E-state index contributed by atoms with van der Waals surface area (Å²) in [5, 5.41) is 10.0. The molecule has 0 spiro atoms. The van der Waals surface area contributed by atoms with Gasteiger partial charge in [0.05, 0.1) is 6.10 Å². The van der Waals surface area contributed by atoms with E-state index in [9.17, 15) is 9.50 Å². The topological polar surface area (TPSA) is 29.5 Å². The molecule has 2 unspecified atom stereocenters. The number of aryl methyl sites for hydroxylation is 1. The Kier molecular flexibility index (Phi) is 3.03. The highest BCUT2D eigenvalue weighted by Gasteiger charge is 2.26. The van der Waals surface area contributed by atoms with Crippen molar-refractivity contribution in [3.8, 4) is 0 Å². The van der Waals surface area contributed by atoms with Gasteiger partial charge in [0.1, 0.15) is 11.9 Å². The first kappa shape index (κ1) is 10.6. The molecule has 1 N–H and O–H groups in total. The van der Waals surface area contributed by atoms with Gasteiger partial charge in [0.25, 0.3) is 0 Å². The van der Waals surface area contributed by atoms with Crippen molar-refractivity contribution in [2.75, 3.05) is 6.61 Å². The van der Waals surface area contributed by atoms with Gasteiger partial charge in [0.15, 0.2) is 0 Å². The molecule has 1 aliphatic rings. The van der Waals surface area contributed by atoms with E-state index >= 15 is 0 Å². The number of halogens is 1. The lowest BCUT2D eigenvalue weighted by Gasteiger charge is -2.19. The van der Waals surface area contributed by atoms with E-state index in [1.807, 2.05) is 0 Å². The van der Waals surface area contributed by atoms with E-state index in [4.69, 9.17) is 4.74 Å². The molecule has 1 heterocycles. The Morgan fingerprint density at radius 2 is 2.33 bits per heavy atom. The first-order valence-electron chi connectivity index (χ1n) is 5.24. The normalized spacial score (nSPS) is 23.0. The molecule has 0 amide bonds. The molecule has 2 rings (SSSR count). The van der Waals surface area contributed by atoms with Crippen molar-refractivity contribution >= 4 is 0 Å². The average Bonchev–Trinajstić information content (AvgIpc) is 2.69. The van der Waals surface area contributed by atoms with Crippen molar-refractivity contribution in [2.45, 2.75) is 32.0 Å². The lowest BCUT2D eigenvalue weighted by atomic mass is 9.98. The SMILES string of the molecule is Cc1cc(F)ccc1C(O)C1CCCO1. The van der Waals surface area contributed by atoms with Crippen LogP contribution in [-0.2, 0) is 4.74 Å². The quantitative estimate of drug-likeness (QED) is 0.811. The van der Waals surface area contributed by atoms with Crippen LogP contribution in [0.3, 0.4) is 0 Å². The van der Waals surface area contributed by atoms with Gasteiger partial charge in [-0.3, -0.25) is 0 Å². The minimum Gasteiger partial charge on any atom is -0.386 e. The van der Waals surface area contributed by atoms with E-state index in [1.54, 1.807) is 13.0 Å². The Morgan fingerprint density at radius 1 is 1.53 bits per heavy atom. The number of hydrogen-bond acceptors (Lipinski definition) is 2. The van der Waals surface area contributed by atoms with Gasteiger partial charge in [-0.1, -0.05) is 6.07 Å². The molecule has 0 aromatic heterocycles. The van der Waals surface area contributed by atoms with Crippen LogP contribution in [0, 0.1) is 12.7 Å². The minimum atomic E-state index is -0.631. The van der Waals surface area contributed by atoms with Gasteiger partial charge in [-0.15, -0.1) is 0 Å². The highest BCUT2D eigenvalue weighted by atomic mass is 19.1. The molecule has 15 heavy (non-hydrogen) atoms. The van der Waals surface area contributed by atoms with Gasteiger partial charge in [-0.05, 0) is 43.0 Å². The maximum absolute atomic E-state index is 12.9. The van der Waals surface area contributed by atoms with Crippen LogP contribution in [0.1, 0.15) is 30.1 Å². The largest absolute Gasteiger partial charge is 0.386 e. The van der Waals surface area contributed by atoms with Gasteiger partial charge in [-0.25, -0.2) is 4.39 Å². The minimum absolute atomic E-state index is 0.130. The van der Waals surface area contributed by atoms with E-state index in [1.165, 1.54) is 12.1 Å². The molecule has 3 heteroatoms. The van der Waals surface area contributed by atoms with Crippen molar-refractivity contribution in [3.05, 3.63) is 35.1 Å². The third kappa shape index (κ3) is 2.19. The van der Waals surface area contributed by atoms with Crippen molar-refractivity contribution in [2.24, 2.45) is 0 Å². The van der Waals surface area contributed by atoms with E-state index in [-0.39, 0.29) is 11.9 Å². The summed E-state index contributed by atoms with van der Waals surface area (Å²) in [6.45, 7) is 2.51. The lowest BCUT2D eigenvalue weighted by molar-refractivity contribution is -0.00291. The molecule has 0 radical (unpaired) electrons. The Bertz CT molecular complexity index is 345. The summed E-state index contributed by atoms with van der Waals surface area (Å²) in [6, 6.07) is 4.45.